The number of anilines is 1. The van der Waals surface area contributed by atoms with Gasteiger partial charge in [0.2, 0.25) is 5.91 Å². The Morgan fingerprint density at radius 2 is 1.90 bits per heavy atom. The van der Waals surface area contributed by atoms with Gasteiger partial charge in [-0.3, -0.25) is 14.3 Å². The standard InChI is InChI=1S/C22H26FN3O4S/c1-2-12-24-21(27)17-6-4-13-26(15-17)22(28)16-5-3-7-19(14-16)25-31(29,30)20-10-8-18(23)9-11-20/h3,5,7-11,14,17,25H,2,4,6,12-13,15H2,1H3,(H,24,27)/t17-/m1/s1. The number of nitrogens with zero attached hydrogens (tertiary/aromatic N) is 1. The molecule has 0 aliphatic carbocycles. The van der Waals surface area contributed by atoms with Crippen molar-refractivity contribution in [2.45, 2.75) is 31.1 Å². The second-order valence-corrected chi connectivity index (χ2v) is 9.20. The normalized spacial score (nSPS) is 16.6. The van der Waals surface area contributed by atoms with E-state index >= 15 is 0 Å². The quantitative estimate of drug-likeness (QED) is 0.682. The van der Waals surface area contributed by atoms with Crippen LogP contribution in [0, 0.1) is 11.7 Å². The molecule has 2 N–H and O–H groups in total. The number of carbonyl (C=O) groups excluding carboxylic acids is 2. The monoisotopic (exact) mass is 447 g/mol. The molecule has 9 heteroatoms. The highest BCUT2D eigenvalue weighted by atomic mass is 32.2. The van der Waals surface area contributed by atoms with Crippen LogP contribution in [0.1, 0.15) is 36.5 Å². The third-order valence-corrected chi connectivity index (χ3v) is 6.51. The lowest BCUT2D eigenvalue weighted by Crippen LogP contribution is -2.45. The minimum absolute atomic E-state index is 0.0415. The Balaban J connectivity index is 1.71. The van der Waals surface area contributed by atoms with Gasteiger partial charge < -0.3 is 10.2 Å². The molecule has 2 amide bonds. The first-order chi connectivity index (χ1) is 14.8. The zero-order valence-corrected chi connectivity index (χ0v) is 18.1. The summed E-state index contributed by atoms with van der Waals surface area (Å²) >= 11 is 0. The smallest absolute Gasteiger partial charge is 0.261 e. The van der Waals surface area contributed by atoms with Crippen molar-refractivity contribution in [3.8, 4) is 0 Å². The minimum atomic E-state index is -3.92. The highest BCUT2D eigenvalue weighted by Gasteiger charge is 2.29. The molecule has 1 atom stereocenters. The Morgan fingerprint density at radius 1 is 1.16 bits per heavy atom. The Bertz CT molecular complexity index is 1040. The second-order valence-electron chi connectivity index (χ2n) is 7.52. The van der Waals surface area contributed by atoms with Crippen molar-refractivity contribution in [2.24, 2.45) is 5.92 Å². The van der Waals surface area contributed by atoms with Gasteiger partial charge in [-0.1, -0.05) is 13.0 Å². The number of piperidine rings is 1. The van der Waals surface area contributed by atoms with Gasteiger partial charge in [0, 0.05) is 30.9 Å². The summed E-state index contributed by atoms with van der Waals surface area (Å²) in [6, 6.07) is 10.7. The predicted octanol–water partition coefficient (Wildman–Crippen LogP) is 3.00. The van der Waals surface area contributed by atoms with Crippen LogP contribution in [0.3, 0.4) is 0 Å². The van der Waals surface area contributed by atoms with Crippen LogP contribution >= 0.6 is 0 Å². The van der Waals surface area contributed by atoms with E-state index in [-0.39, 0.29) is 28.3 Å². The number of hydrogen-bond acceptors (Lipinski definition) is 4. The molecule has 0 bridgehead atoms. The summed E-state index contributed by atoms with van der Waals surface area (Å²) in [5.41, 5.74) is 0.554. The molecule has 31 heavy (non-hydrogen) atoms. The van der Waals surface area contributed by atoms with Crippen LogP contribution in [0.4, 0.5) is 10.1 Å². The van der Waals surface area contributed by atoms with E-state index in [1.807, 2.05) is 6.92 Å². The van der Waals surface area contributed by atoms with Crippen molar-refractivity contribution in [1.29, 1.82) is 0 Å². The van der Waals surface area contributed by atoms with Gasteiger partial charge in [0.25, 0.3) is 15.9 Å². The zero-order valence-electron chi connectivity index (χ0n) is 17.3. The van der Waals surface area contributed by atoms with Crippen molar-refractivity contribution in [1.82, 2.24) is 10.2 Å². The van der Waals surface area contributed by atoms with E-state index in [9.17, 15) is 22.4 Å². The van der Waals surface area contributed by atoms with Crippen LogP contribution in [0.25, 0.3) is 0 Å². The summed E-state index contributed by atoms with van der Waals surface area (Å²) in [4.78, 5) is 26.8. The highest BCUT2D eigenvalue weighted by Crippen LogP contribution is 2.22. The van der Waals surface area contributed by atoms with E-state index in [1.165, 1.54) is 24.3 Å². The number of carbonyl (C=O) groups is 2. The van der Waals surface area contributed by atoms with E-state index in [1.54, 1.807) is 17.0 Å². The van der Waals surface area contributed by atoms with Crippen molar-refractivity contribution in [2.75, 3.05) is 24.4 Å². The van der Waals surface area contributed by atoms with Crippen molar-refractivity contribution >= 4 is 27.5 Å². The van der Waals surface area contributed by atoms with Gasteiger partial charge in [-0.25, -0.2) is 12.8 Å². The topological polar surface area (TPSA) is 95.6 Å². The van der Waals surface area contributed by atoms with Gasteiger partial charge in [-0.15, -0.1) is 0 Å². The largest absolute Gasteiger partial charge is 0.356 e. The second kappa shape index (κ2) is 9.91. The number of nitrogens with one attached hydrogen (secondary N) is 2. The predicted molar refractivity (Wildman–Crippen MR) is 116 cm³/mol. The summed E-state index contributed by atoms with van der Waals surface area (Å²) < 4.78 is 40.5. The molecule has 2 aromatic carbocycles. The summed E-state index contributed by atoms with van der Waals surface area (Å²) in [5, 5.41) is 2.88. The van der Waals surface area contributed by atoms with Gasteiger partial charge in [0.15, 0.2) is 0 Å². The number of likely N-dealkylation sites (tertiary alicyclic amines) is 1. The van der Waals surface area contributed by atoms with Crippen LogP contribution in [0.15, 0.2) is 53.4 Å². The highest BCUT2D eigenvalue weighted by molar-refractivity contribution is 7.92. The van der Waals surface area contributed by atoms with E-state index in [0.29, 0.717) is 25.2 Å². The molecule has 2 aromatic rings. The first-order valence-electron chi connectivity index (χ1n) is 10.3. The summed E-state index contributed by atoms with van der Waals surface area (Å²) in [6.45, 7) is 3.47. The lowest BCUT2D eigenvalue weighted by molar-refractivity contribution is -0.126. The first-order valence-corrected chi connectivity index (χ1v) is 11.7. The average molecular weight is 448 g/mol. The maximum atomic E-state index is 13.1. The molecule has 1 aliphatic rings. The fourth-order valence-corrected chi connectivity index (χ4v) is 4.54. The van der Waals surface area contributed by atoms with Gasteiger partial charge in [0.05, 0.1) is 10.8 Å². The maximum Gasteiger partial charge on any atom is 0.261 e. The summed E-state index contributed by atoms with van der Waals surface area (Å²) in [5.74, 6) is -1.07. The molecular weight excluding hydrogens is 421 g/mol. The third-order valence-electron chi connectivity index (χ3n) is 5.11. The number of hydrogen-bond donors (Lipinski definition) is 2. The van der Waals surface area contributed by atoms with E-state index in [4.69, 9.17) is 0 Å². The van der Waals surface area contributed by atoms with Crippen molar-refractivity contribution < 1.29 is 22.4 Å². The van der Waals surface area contributed by atoms with Gasteiger partial charge in [-0.2, -0.15) is 0 Å². The number of sulfonamides is 1. The molecule has 3 rings (SSSR count). The molecule has 0 spiro atoms. The molecule has 0 radical (unpaired) electrons. The van der Waals surface area contributed by atoms with Gasteiger partial charge >= 0.3 is 0 Å². The van der Waals surface area contributed by atoms with E-state index in [0.717, 1.165) is 31.4 Å². The lowest BCUT2D eigenvalue weighted by atomic mass is 9.96. The fourth-order valence-electron chi connectivity index (χ4n) is 3.49. The first kappa shape index (κ1) is 22.7. The molecular formula is C22H26FN3O4S. The fraction of sp³-hybridized carbons (Fsp3) is 0.364. The zero-order chi connectivity index (χ0) is 22.4. The number of halogens is 1. The van der Waals surface area contributed by atoms with E-state index < -0.39 is 15.8 Å². The SMILES string of the molecule is CCCNC(=O)[C@@H]1CCCN(C(=O)c2cccc(NS(=O)(=O)c3ccc(F)cc3)c2)C1. The molecule has 1 saturated heterocycles. The Hall–Kier alpha value is -2.94. The number of benzene rings is 2. The van der Waals surface area contributed by atoms with Gasteiger partial charge in [-0.05, 0) is 61.7 Å². The van der Waals surface area contributed by atoms with E-state index in [2.05, 4.69) is 10.0 Å². The Labute approximate surface area is 181 Å². The summed E-state index contributed by atoms with van der Waals surface area (Å²) in [7, 11) is -3.92. The summed E-state index contributed by atoms with van der Waals surface area (Å²) in [6.07, 6.45) is 2.31. The van der Waals surface area contributed by atoms with Crippen molar-refractivity contribution in [3.05, 3.63) is 59.9 Å². The number of rotatable bonds is 7. The van der Waals surface area contributed by atoms with Crippen LogP contribution in [-0.4, -0.2) is 44.8 Å². The minimum Gasteiger partial charge on any atom is -0.356 e. The molecule has 0 saturated carbocycles. The molecule has 0 unspecified atom stereocenters. The van der Waals surface area contributed by atoms with Gasteiger partial charge in [0.1, 0.15) is 5.82 Å². The molecule has 1 fully saturated rings. The maximum absolute atomic E-state index is 13.1. The lowest BCUT2D eigenvalue weighted by Gasteiger charge is -2.32. The van der Waals surface area contributed by atoms with Crippen LogP contribution in [0.2, 0.25) is 0 Å². The Morgan fingerprint density at radius 3 is 2.61 bits per heavy atom. The molecule has 166 valence electrons. The van der Waals surface area contributed by atoms with Crippen LogP contribution < -0.4 is 10.0 Å². The third kappa shape index (κ3) is 5.81. The average Bonchev–Trinajstić information content (AvgIpc) is 2.77. The molecule has 7 nitrogen and oxygen atoms in total. The number of amides is 2. The molecule has 0 aromatic heterocycles. The van der Waals surface area contributed by atoms with Crippen molar-refractivity contribution in [3.63, 3.8) is 0 Å². The molecule has 1 heterocycles. The Kier molecular flexibility index (Phi) is 7.27. The molecule has 1 aliphatic heterocycles. The van der Waals surface area contributed by atoms with Crippen LogP contribution in [0.5, 0.6) is 0 Å². The van der Waals surface area contributed by atoms with Crippen LogP contribution in [-0.2, 0) is 14.8 Å².